The molecule has 18 heavy (non-hydrogen) atoms. The van der Waals surface area contributed by atoms with Gasteiger partial charge in [0.2, 0.25) is 0 Å². The number of benzene rings is 1. The first-order valence-corrected chi connectivity index (χ1v) is 6.52. The lowest BCUT2D eigenvalue weighted by Gasteiger charge is -2.35. The molecule has 0 aromatic heterocycles. The molecule has 0 heterocycles. The van der Waals surface area contributed by atoms with Crippen molar-refractivity contribution in [2.45, 2.75) is 51.4 Å². The van der Waals surface area contributed by atoms with Gasteiger partial charge in [-0.3, -0.25) is 4.79 Å². The van der Waals surface area contributed by atoms with Gasteiger partial charge in [-0.05, 0) is 43.4 Å². The molecule has 98 valence electrons. The molecule has 1 saturated carbocycles. The monoisotopic (exact) mass is 248 g/mol. The molecule has 0 radical (unpaired) electrons. The fourth-order valence-electron chi connectivity index (χ4n) is 3.11. The Morgan fingerprint density at radius 2 is 1.78 bits per heavy atom. The topological polar surface area (TPSA) is 57.5 Å². The van der Waals surface area contributed by atoms with Crippen LogP contribution in [0.25, 0.3) is 0 Å². The number of phenols is 1. The van der Waals surface area contributed by atoms with Crippen LogP contribution in [0.2, 0.25) is 0 Å². The van der Waals surface area contributed by atoms with Crippen molar-refractivity contribution in [3.8, 4) is 5.75 Å². The summed E-state index contributed by atoms with van der Waals surface area (Å²) in [5, 5.41) is 19.7. The van der Waals surface area contributed by atoms with E-state index in [4.69, 9.17) is 0 Å². The van der Waals surface area contributed by atoms with Gasteiger partial charge < -0.3 is 10.2 Å². The minimum Gasteiger partial charge on any atom is -0.507 e. The average Bonchev–Trinajstić information content (AvgIpc) is 2.37. The number of aryl methyl sites for hydroxylation is 1. The molecule has 1 fully saturated rings. The van der Waals surface area contributed by atoms with Crippen LogP contribution < -0.4 is 0 Å². The Kier molecular flexibility index (Phi) is 3.33. The van der Waals surface area contributed by atoms with Gasteiger partial charge in [0.15, 0.2) is 0 Å². The lowest BCUT2D eigenvalue weighted by molar-refractivity contribution is -0.145. The molecular weight excluding hydrogens is 228 g/mol. The number of carboxylic acid groups (broad SMARTS) is 1. The van der Waals surface area contributed by atoms with Gasteiger partial charge in [-0.2, -0.15) is 0 Å². The lowest BCUT2D eigenvalue weighted by atomic mass is 9.68. The van der Waals surface area contributed by atoms with Crippen LogP contribution in [-0.4, -0.2) is 16.2 Å². The lowest BCUT2D eigenvalue weighted by Crippen LogP contribution is -2.38. The summed E-state index contributed by atoms with van der Waals surface area (Å²) in [6, 6.07) is 3.70. The maximum absolute atomic E-state index is 11.7. The van der Waals surface area contributed by atoms with Crippen molar-refractivity contribution in [3.63, 3.8) is 0 Å². The highest BCUT2D eigenvalue weighted by Gasteiger charge is 2.42. The molecule has 0 saturated heterocycles. The molecule has 3 heteroatoms. The zero-order valence-corrected chi connectivity index (χ0v) is 11.0. The summed E-state index contributed by atoms with van der Waals surface area (Å²) in [4.78, 5) is 11.7. The van der Waals surface area contributed by atoms with E-state index in [2.05, 4.69) is 0 Å². The molecule has 0 unspecified atom stereocenters. The Labute approximate surface area is 107 Å². The molecule has 0 atom stereocenters. The third-order valence-electron chi connectivity index (χ3n) is 4.26. The molecule has 2 rings (SSSR count). The average molecular weight is 248 g/mol. The first kappa shape index (κ1) is 12.9. The van der Waals surface area contributed by atoms with Crippen molar-refractivity contribution in [1.82, 2.24) is 0 Å². The van der Waals surface area contributed by atoms with Gasteiger partial charge in [-0.25, -0.2) is 0 Å². The number of carbonyl (C=O) groups is 1. The summed E-state index contributed by atoms with van der Waals surface area (Å²) >= 11 is 0. The molecule has 3 nitrogen and oxygen atoms in total. The summed E-state index contributed by atoms with van der Waals surface area (Å²) in [5.41, 5.74) is 1.51. The molecule has 1 aromatic rings. The van der Waals surface area contributed by atoms with E-state index >= 15 is 0 Å². The highest BCUT2D eigenvalue weighted by atomic mass is 16.4. The molecule has 0 aliphatic heterocycles. The molecule has 0 bridgehead atoms. The fraction of sp³-hybridized carbons (Fsp3) is 0.533. The second-order valence-electron chi connectivity index (χ2n) is 5.35. The minimum atomic E-state index is -0.798. The SMILES string of the molecule is Cc1ccc(C2(C(=O)O)CCCCC2)c(C)c1O. The molecular formula is C15H20O3. The third-order valence-corrected chi connectivity index (χ3v) is 4.26. The smallest absolute Gasteiger partial charge is 0.314 e. The minimum absolute atomic E-state index is 0.235. The maximum Gasteiger partial charge on any atom is 0.314 e. The second-order valence-corrected chi connectivity index (χ2v) is 5.35. The third kappa shape index (κ3) is 1.88. The highest BCUT2D eigenvalue weighted by molar-refractivity contribution is 5.82. The fourth-order valence-corrected chi connectivity index (χ4v) is 3.11. The van der Waals surface area contributed by atoms with E-state index < -0.39 is 11.4 Å². The molecule has 1 aromatic carbocycles. The van der Waals surface area contributed by atoms with E-state index in [0.717, 1.165) is 36.0 Å². The summed E-state index contributed by atoms with van der Waals surface area (Å²) in [5.74, 6) is -0.521. The van der Waals surface area contributed by atoms with E-state index in [9.17, 15) is 15.0 Å². The molecule has 1 aliphatic rings. The Balaban J connectivity index is 2.56. The number of phenolic OH excluding ortho intramolecular Hbond substituents is 1. The number of rotatable bonds is 2. The van der Waals surface area contributed by atoms with Crippen LogP contribution >= 0.6 is 0 Å². The van der Waals surface area contributed by atoms with Crippen LogP contribution in [0.3, 0.4) is 0 Å². The molecule has 0 spiro atoms. The Hall–Kier alpha value is -1.51. The van der Waals surface area contributed by atoms with Crippen molar-refractivity contribution in [2.24, 2.45) is 0 Å². The summed E-state index contributed by atoms with van der Waals surface area (Å²) in [6.45, 7) is 3.65. The van der Waals surface area contributed by atoms with Gasteiger partial charge in [0.1, 0.15) is 5.75 Å². The van der Waals surface area contributed by atoms with Crippen molar-refractivity contribution >= 4 is 5.97 Å². The Morgan fingerprint density at radius 1 is 1.17 bits per heavy atom. The van der Waals surface area contributed by atoms with Gasteiger partial charge in [0, 0.05) is 0 Å². The van der Waals surface area contributed by atoms with Gasteiger partial charge in [0.25, 0.3) is 0 Å². The van der Waals surface area contributed by atoms with E-state index in [1.165, 1.54) is 0 Å². The second kappa shape index (κ2) is 4.63. The number of carboxylic acids is 1. The maximum atomic E-state index is 11.7. The van der Waals surface area contributed by atoms with Gasteiger partial charge in [-0.1, -0.05) is 31.4 Å². The highest BCUT2D eigenvalue weighted by Crippen LogP contribution is 2.43. The summed E-state index contributed by atoms with van der Waals surface area (Å²) in [6.07, 6.45) is 4.34. The normalized spacial score (nSPS) is 18.6. The van der Waals surface area contributed by atoms with E-state index in [1.807, 2.05) is 26.0 Å². The number of aromatic hydroxyl groups is 1. The van der Waals surface area contributed by atoms with Gasteiger partial charge >= 0.3 is 5.97 Å². The van der Waals surface area contributed by atoms with Gasteiger partial charge in [0.05, 0.1) is 5.41 Å². The first-order valence-electron chi connectivity index (χ1n) is 6.52. The largest absolute Gasteiger partial charge is 0.507 e. The van der Waals surface area contributed by atoms with Crippen molar-refractivity contribution in [2.75, 3.05) is 0 Å². The van der Waals surface area contributed by atoms with E-state index in [0.29, 0.717) is 12.8 Å². The van der Waals surface area contributed by atoms with Crippen molar-refractivity contribution in [3.05, 3.63) is 28.8 Å². The van der Waals surface area contributed by atoms with Crippen molar-refractivity contribution < 1.29 is 15.0 Å². The Morgan fingerprint density at radius 3 is 2.33 bits per heavy atom. The van der Waals surface area contributed by atoms with Crippen LogP contribution in [-0.2, 0) is 10.2 Å². The zero-order chi connectivity index (χ0) is 13.3. The summed E-state index contributed by atoms with van der Waals surface area (Å²) < 4.78 is 0. The molecule has 0 amide bonds. The molecule has 2 N–H and O–H groups in total. The first-order chi connectivity index (χ1) is 8.49. The summed E-state index contributed by atoms with van der Waals surface area (Å²) in [7, 11) is 0. The van der Waals surface area contributed by atoms with Crippen molar-refractivity contribution in [1.29, 1.82) is 0 Å². The number of hydrogen-bond acceptors (Lipinski definition) is 2. The van der Waals surface area contributed by atoms with Crippen LogP contribution in [0.5, 0.6) is 5.75 Å². The van der Waals surface area contributed by atoms with E-state index in [1.54, 1.807) is 0 Å². The quantitative estimate of drug-likeness (QED) is 0.844. The Bertz CT molecular complexity index is 471. The van der Waals surface area contributed by atoms with Crippen LogP contribution in [0, 0.1) is 13.8 Å². The van der Waals surface area contributed by atoms with Crippen LogP contribution in [0.1, 0.15) is 48.8 Å². The predicted octanol–water partition coefficient (Wildman–Crippen LogP) is 3.30. The van der Waals surface area contributed by atoms with E-state index in [-0.39, 0.29) is 5.75 Å². The zero-order valence-electron chi connectivity index (χ0n) is 11.0. The van der Waals surface area contributed by atoms with Crippen LogP contribution in [0.4, 0.5) is 0 Å². The molecule has 1 aliphatic carbocycles. The van der Waals surface area contributed by atoms with Gasteiger partial charge in [-0.15, -0.1) is 0 Å². The standard InChI is InChI=1S/C15H20O3/c1-10-6-7-12(11(2)13(10)16)15(14(17)18)8-4-3-5-9-15/h6-7,16H,3-5,8-9H2,1-2H3,(H,17,18). The van der Waals surface area contributed by atoms with Crippen LogP contribution in [0.15, 0.2) is 12.1 Å². The number of aliphatic carboxylic acids is 1. The predicted molar refractivity (Wildman–Crippen MR) is 70.0 cm³/mol. The number of hydrogen-bond donors (Lipinski definition) is 2.